The van der Waals surface area contributed by atoms with Crippen molar-refractivity contribution in [2.24, 2.45) is 17.3 Å². The van der Waals surface area contributed by atoms with Gasteiger partial charge in [0.05, 0.1) is 0 Å². The maximum absolute atomic E-state index is 3.71. The van der Waals surface area contributed by atoms with Crippen molar-refractivity contribution in [3.05, 3.63) is 0 Å². The molecule has 1 rings (SSSR count). The van der Waals surface area contributed by atoms with Gasteiger partial charge in [0.25, 0.3) is 0 Å². The molecule has 2 heteroatoms. The molecule has 0 spiro atoms. The molecule has 0 radical (unpaired) electrons. The van der Waals surface area contributed by atoms with E-state index >= 15 is 0 Å². The predicted octanol–water partition coefficient (Wildman–Crippen LogP) is 4.16. The van der Waals surface area contributed by atoms with Gasteiger partial charge in [0.1, 0.15) is 0 Å². The summed E-state index contributed by atoms with van der Waals surface area (Å²) in [5, 5.41) is 3.71. The van der Waals surface area contributed by atoms with E-state index < -0.39 is 0 Å². The highest BCUT2D eigenvalue weighted by Gasteiger charge is 2.34. The molecule has 0 aromatic rings. The highest BCUT2D eigenvalue weighted by molar-refractivity contribution is 4.89. The van der Waals surface area contributed by atoms with E-state index in [-0.39, 0.29) is 0 Å². The zero-order valence-electron chi connectivity index (χ0n) is 14.7. The molecule has 1 aliphatic rings. The molecule has 0 saturated heterocycles. The van der Waals surface area contributed by atoms with E-state index in [1.54, 1.807) is 0 Å². The number of hydrogen-bond acceptors (Lipinski definition) is 2. The van der Waals surface area contributed by atoms with Crippen molar-refractivity contribution in [1.82, 2.24) is 10.2 Å². The first-order valence-corrected chi connectivity index (χ1v) is 8.90. The molecular formula is C18H38N2. The molecule has 1 fully saturated rings. The fourth-order valence-corrected chi connectivity index (χ4v) is 3.59. The summed E-state index contributed by atoms with van der Waals surface area (Å²) in [7, 11) is 2.33. The van der Waals surface area contributed by atoms with Crippen LogP contribution in [0, 0.1) is 17.3 Å². The zero-order chi connectivity index (χ0) is 15.0. The van der Waals surface area contributed by atoms with Crippen LogP contribution < -0.4 is 5.32 Å². The number of hydrogen-bond donors (Lipinski definition) is 1. The molecule has 120 valence electrons. The Bertz CT molecular complexity index is 244. The Hall–Kier alpha value is -0.0800. The minimum absolute atomic E-state index is 0.532. The third-order valence-electron chi connectivity index (χ3n) is 5.19. The molecule has 0 aliphatic heterocycles. The van der Waals surface area contributed by atoms with E-state index in [4.69, 9.17) is 0 Å². The topological polar surface area (TPSA) is 15.3 Å². The van der Waals surface area contributed by atoms with Crippen LogP contribution in [0.2, 0.25) is 0 Å². The average molecular weight is 283 g/mol. The first kappa shape index (κ1) is 18.0. The van der Waals surface area contributed by atoms with Crippen molar-refractivity contribution in [2.45, 2.75) is 66.2 Å². The first-order valence-electron chi connectivity index (χ1n) is 8.90. The minimum Gasteiger partial charge on any atom is -0.316 e. The van der Waals surface area contributed by atoms with Gasteiger partial charge in [-0.05, 0) is 50.1 Å². The van der Waals surface area contributed by atoms with Gasteiger partial charge in [-0.1, -0.05) is 47.0 Å². The molecule has 0 bridgehead atoms. The van der Waals surface area contributed by atoms with Gasteiger partial charge in [0, 0.05) is 19.6 Å². The largest absolute Gasteiger partial charge is 0.316 e. The Balaban J connectivity index is 2.53. The van der Waals surface area contributed by atoms with Crippen molar-refractivity contribution in [2.75, 3.05) is 33.2 Å². The molecule has 20 heavy (non-hydrogen) atoms. The van der Waals surface area contributed by atoms with Crippen molar-refractivity contribution >= 4 is 0 Å². The highest BCUT2D eigenvalue weighted by atomic mass is 15.1. The molecule has 1 atom stereocenters. The lowest BCUT2D eigenvalue weighted by Gasteiger charge is -2.42. The minimum atomic E-state index is 0.532. The van der Waals surface area contributed by atoms with Crippen LogP contribution >= 0.6 is 0 Å². The highest BCUT2D eigenvalue weighted by Crippen LogP contribution is 2.39. The van der Waals surface area contributed by atoms with Crippen LogP contribution in [0.1, 0.15) is 66.2 Å². The second-order valence-electron chi connectivity index (χ2n) is 7.57. The van der Waals surface area contributed by atoms with Crippen molar-refractivity contribution in [1.29, 1.82) is 0 Å². The molecule has 2 nitrogen and oxygen atoms in total. The van der Waals surface area contributed by atoms with Gasteiger partial charge in [-0.2, -0.15) is 0 Å². The molecule has 1 saturated carbocycles. The van der Waals surface area contributed by atoms with E-state index in [9.17, 15) is 0 Å². The number of nitrogens with one attached hydrogen (secondary N) is 1. The average Bonchev–Trinajstić information content (AvgIpc) is 2.42. The van der Waals surface area contributed by atoms with Crippen LogP contribution in [0.25, 0.3) is 0 Å². The molecule has 1 aliphatic carbocycles. The summed E-state index contributed by atoms with van der Waals surface area (Å²) in [6.07, 6.45) is 8.21. The zero-order valence-corrected chi connectivity index (χ0v) is 14.7. The second-order valence-corrected chi connectivity index (χ2v) is 7.57. The Morgan fingerprint density at radius 1 is 1.25 bits per heavy atom. The summed E-state index contributed by atoms with van der Waals surface area (Å²) in [6.45, 7) is 14.3. The molecule has 0 aromatic carbocycles. The Morgan fingerprint density at radius 2 is 1.90 bits per heavy atom. The monoisotopic (exact) mass is 282 g/mol. The van der Waals surface area contributed by atoms with Crippen molar-refractivity contribution in [3.8, 4) is 0 Å². The molecule has 0 amide bonds. The summed E-state index contributed by atoms with van der Waals surface area (Å²) in [5.74, 6) is 1.76. The quantitative estimate of drug-likeness (QED) is 0.639. The standard InChI is InChI=1S/C18H38N2/c1-6-12-19-14-18(10-8-17(4)9-11-18)15-20(5)13-16(3)7-2/h16-17,19H,6-15H2,1-5H3. The van der Waals surface area contributed by atoms with Gasteiger partial charge in [-0.25, -0.2) is 0 Å². The van der Waals surface area contributed by atoms with Crippen LogP contribution in [0.4, 0.5) is 0 Å². The van der Waals surface area contributed by atoms with Gasteiger partial charge in [-0.15, -0.1) is 0 Å². The summed E-state index contributed by atoms with van der Waals surface area (Å²) in [4.78, 5) is 2.60. The van der Waals surface area contributed by atoms with Crippen LogP contribution in [0.15, 0.2) is 0 Å². The van der Waals surface area contributed by atoms with Gasteiger partial charge in [0.15, 0.2) is 0 Å². The number of rotatable bonds is 9. The van der Waals surface area contributed by atoms with Crippen LogP contribution in [0.3, 0.4) is 0 Å². The van der Waals surface area contributed by atoms with E-state index in [1.165, 1.54) is 64.7 Å². The van der Waals surface area contributed by atoms with Crippen molar-refractivity contribution in [3.63, 3.8) is 0 Å². The lowest BCUT2D eigenvalue weighted by molar-refractivity contribution is 0.0924. The maximum Gasteiger partial charge on any atom is 0.00472 e. The maximum atomic E-state index is 3.71. The third kappa shape index (κ3) is 6.13. The second kappa shape index (κ2) is 9.04. The van der Waals surface area contributed by atoms with E-state index in [0.29, 0.717) is 5.41 Å². The van der Waals surface area contributed by atoms with Crippen LogP contribution in [-0.2, 0) is 0 Å². The molecule has 0 aromatic heterocycles. The predicted molar refractivity (Wildman–Crippen MR) is 90.2 cm³/mol. The summed E-state index contributed by atoms with van der Waals surface area (Å²) >= 11 is 0. The first-order chi connectivity index (χ1) is 9.51. The van der Waals surface area contributed by atoms with Gasteiger partial charge in [-0.3, -0.25) is 0 Å². The summed E-state index contributed by atoms with van der Waals surface area (Å²) < 4.78 is 0. The van der Waals surface area contributed by atoms with Gasteiger partial charge < -0.3 is 10.2 Å². The smallest absolute Gasteiger partial charge is 0.00472 e. The van der Waals surface area contributed by atoms with Crippen LogP contribution in [0.5, 0.6) is 0 Å². The Kier molecular flexibility index (Phi) is 8.13. The molecule has 0 heterocycles. The fraction of sp³-hybridized carbons (Fsp3) is 1.00. The summed E-state index contributed by atoms with van der Waals surface area (Å²) in [6, 6.07) is 0. The van der Waals surface area contributed by atoms with Gasteiger partial charge in [0.2, 0.25) is 0 Å². The van der Waals surface area contributed by atoms with E-state index in [2.05, 4.69) is 45.0 Å². The number of nitrogens with zero attached hydrogens (tertiary/aromatic N) is 1. The van der Waals surface area contributed by atoms with Crippen molar-refractivity contribution < 1.29 is 0 Å². The lowest BCUT2D eigenvalue weighted by Crippen LogP contribution is -2.46. The normalized spacial score (nSPS) is 28.8. The SMILES string of the molecule is CCCNCC1(CN(C)CC(C)CC)CCC(C)CC1. The summed E-state index contributed by atoms with van der Waals surface area (Å²) in [5.41, 5.74) is 0.532. The Morgan fingerprint density at radius 3 is 2.45 bits per heavy atom. The van der Waals surface area contributed by atoms with E-state index in [1.807, 2.05) is 0 Å². The van der Waals surface area contributed by atoms with Crippen LogP contribution in [-0.4, -0.2) is 38.1 Å². The lowest BCUT2D eigenvalue weighted by atomic mass is 9.70. The molecule has 1 unspecified atom stereocenters. The molecule has 1 N–H and O–H groups in total. The van der Waals surface area contributed by atoms with E-state index in [0.717, 1.165) is 11.8 Å². The fourth-order valence-electron chi connectivity index (χ4n) is 3.59. The van der Waals surface area contributed by atoms with Gasteiger partial charge >= 0.3 is 0 Å². The molecular weight excluding hydrogens is 244 g/mol. The third-order valence-corrected chi connectivity index (χ3v) is 5.19. The Labute approximate surface area is 127 Å².